The number of aryl methyl sites for hydroxylation is 1. The number of aliphatic carboxylic acids is 1. The van der Waals surface area contributed by atoms with E-state index in [2.05, 4.69) is 26.6 Å². The number of carboxylic acids is 1. The van der Waals surface area contributed by atoms with Gasteiger partial charge < -0.3 is 25.0 Å². The maximum absolute atomic E-state index is 11.7. The highest BCUT2D eigenvalue weighted by Crippen LogP contribution is 2.28. The Hall–Kier alpha value is -2.08. The van der Waals surface area contributed by atoms with Crippen LogP contribution in [0.1, 0.15) is 25.7 Å². The third-order valence-corrected chi connectivity index (χ3v) is 4.65. The first kappa shape index (κ1) is 25.0. The van der Waals surface area contributed by atoms with Gasteiger partial charge in [-0.2, -0.15) is 13.2 Å². The molecule has 1 aliphatic carbocycles. The normalized spacial score (nSPS) is 19.0. The number of likely N-dealkylation sites (N-methyl/N-ethyl adjacent to an activating group) is 1. The third-order valence-electron chi connectivity index (χ3n) is 4.06. The number of aromatic nitrogens is 1. The number of nitrogens with zero attached hydrogens (tertiary/aromatic N) is 1. The Balaban J connectivity index is 0.000000516. The molecule has 8 nitrogen and oxygen atoms in total. The van der Waals surface area contributed by atoms with Gasteiger partial charge in [0, 0.05) is 25.4 Å². The van der Waals surface area contributed by atoms with Gasteiger partial charge >= 0.3 is 12.1 Å². The summed E-state index contributed by atoms with van der Waals surface area (Å²) in [5, 5.41) is 13.0. The Morgan fingerprint density at radius 3 is 2.34 bits per heavy atom. The van der Waals surface area contributed by atoms with Gasteiger partial charge in [0.15, 0.2) is 0 Å². The molecular weight excluding hydrogens is 463 g/mol. The van der Waals surface area contributed by atoms with Crippen LogP contribution in [0.2, 0.25) is 0 Å². The molecule has 1 fully saturated rings. The van der Waals surface area contributed by atoms with Crippen molar-refractivity contribution in [1.82, 2.24) is 15.2 Å². The topological polar surface area (TPSA) is 110 Å². The predicted molar refractivity (Wildman–Crippen MR) is 102 cm³/mol. The lowest BCUT2D eigenvalue weighted by Gasteiger charge is -2.29. The number of ether oxygens (including phenoxy) is 1. The highest BCUT2D eigenvalue weighted by Gasteiger charge is 2.38. The molecule has 2 rings (SSSR count). The van der Waals surface area contributed by atoms with Crippen LogP contribution in [0.25, 0.3) is 0 Å². The van der Waals surface area contributed by atoms with Gasteiger partial charge in [-0.3, -0.25) is 9.59 Å². The first-order valence-corrected chi connectivity index (χ1v) is 9.50. The Bertz CT molecular complexity index is 762. The zero-order valence-corrected chi connectivity index (χ0v) is 17.5. The molecule has 0 aromatic carbocycles. The highest BCUT2D eigenvalue weighted by atomic mass is 79.9. The minimum Gasteiger partial charge on any atom is -0.489 e. The zero-order chi connectivity index (χ0) is 22.2. The van der Waals surface area contributed by atoms with Gasteiger partial charge in [0.05, 0.1) is 17.1 Å². The van der Waals surface area contributed by atoms with Crippen molar-refractivity contribution in [1.29, 1.82) is 0 Å². The first-order chi connectivity index (χ1) is 13.4. The molecule has 0 saturated heterocycles. The second kappa shape index (κ2) is 11.2. The molecule has 1 amide bonds. The fourth-order valence-electron chi connectivity index (χ4n) is 2.61. The molecule has 1 saturated carbocycles. The van der Waals surface area contributed by atoms with E-state index >= 15 is 0 Å². The van der Waals surface area contributed by atoms with Crippen molar-refractivity contribution in [2.45, 2.75) is 44.0 Å². The molecule has 1 aliphatic rings. The van der Waals surface area contributed by atoms with Gasteiger partial charge in [-0.15, -0.1) is 0 Å². The van der Waals surface area contributed by atoms with Crippen LogP contribution in [0.4, 0.5) is 13.2 Å². The number of hydrogen-bond acceptors (Lipinski definition) is 5. The molecule has 1 aromatic rings. The molecule has 0 spiro atoms. The summed E-state index contributed by atoms with van der Waals surface area (Å²) in [5.74, 6) is -2.14. The van der Waals surface area contributed by atoms with E-state index in [-0.39, 0.29) is 23.6 Å². The first-order valence-electron chi connectivity index (χ1n) is 8.71. The molecule has 1 aromatic heterocycles. The Morgan fingerprint density at radius 1 is 1.31 bits per heavy atom. The molecule has 0 radical (unpaired) electrons. The zero-order valence-electron chi connectivity index (χ0n) is 15.9. The summed E-state index contributed by atoms with van der Waals surface area (Å²) in [4.78, 5) is 32.1. The maximum atomic E-state index is 11.7. The van der Waals surface area contributed by atoms with Gasteiger partial charge in [0.1, 0.15) is 5.75 Å². The van der Waals surface area contributed by atoms with Crippen LogP contribution in [0.15, 0.2) is 21.5 Å². The van der Waals surface area contributed by atoms with Crippen LogP contribution in [0.5, 0.6) is 5.75 Å². The summed E-state index contributed by atoms with van der Waals surface area (Å²) in [7, 11) is 3.46. The van der Waals surface area contributed by atoms with Crippen LogP contribution in [0.3, 0.4) is 0 Å². The molecule has 0 bridgehead atoms. The minimum atomic E-state index is -5.08. The van der Waals surface area contributed by atoms with E-state index in [0.29, 0.717) is 12.3 Å². The van der Waals surface area contributed by atoms with E-state index in [0.717, 1.165) is 30.2 Å². The lowest BCUT2D eigenvalue weighted by Crippen LogP contribution is -2.42. The second-order valence-corrected chi connectivity index (χ2v) is 7.28. The van der Waals surface area contributed by atoms with E-state index < -0.39 is 12.1 Å². The molecule has 1 heterocycles. The quantitative estimate of drug-likeness (QED) is 0.586. The van der Waals surface area contributed by atoms with Crippen LogP contribution >= 0.6 is 15.9 Å². The molecule has 164 valence electrons. The fraction of sp³-hybridized carbons (Fsp3) is 0.588. The van der Waals surface area contributed by atoms with Crippen molar-refractivity contribution < 1.29 is 32.6 Å². The lowest BCUT2D eigenvalue weighted by atomic mass is 9.93. The van der Waals surface area contributed by atoms with Crippen molar-refractivity contribution in [3.8, 4) is 5.75 Å². The number of amides is 1. The highest BCUT2D eigenvalue weighted by molar-refractivity contribution is 9.10. The second-order valence-electron chi connectivity index (χ2n) is 6.43. The fourth-order valence-corrected chi connectivity index (χ4v) is 3.13. The Labute approximate surface area is 173 Å². The van der Waals surface area contributed by atoms with E-state index in [4.69, 9.17) is 14.6 Å². The number of rotatable bonds is 5. The van der Waals surface area contributed by atoms with Crippen molar-refractivity contribution in [2.75, 3.05) is 13.6 Å². The number of pyridine rings is 1. The van der Waals surface area contributed by atoms with E-state index in [1.807, 2.05) is 0 Å². The van der Waals surface area contributed by atoms with E-state index in [1.165, 1.54) is 10.6 Å². The van der Waals surface area contributed by atoms with Gasteiger partial charge in [0.2, 0.25) is 5.91 Å². The number of carbonyl (C=O) groups is 2. The Morgan fingerprint density at radius 2 is 1.86 bits per heavy atom. The molecule has 0 atom stereocenters. The number of halogens is 4. The van der Waals surface area contributed by atoms with Crippen molar-refractivity contribution in [3.63, 3.8) is 0 Å². The van der Waals surface area contributed by atoms with Gasteiger partial charge in [-0.05, 0) is 48.7 Å². The molecule has 29 heavy (non-hydrogen) atoms. The molecular formula is C17H23BrF3N3O5. The Kier molecular flexibility index (Phi) is 9.63. The van der Waals surface area contributed by atoms with Crippen LogP contribution in [0, 0.1) is 0 Å². The number of nitrogens with one attached hydrogen (secondary N) is 2. The van der Waals surface area contributed by atoms with Crippen molar-refractivity contribution in [2.24, 2.45) is 7.05 Å². The minimum absolute atomic E-state index is 0.0289. The summed E-state index contributed by atoms with van der Waals surface area (Å²) < 4.78 is 40.0. The van der Waals surface area contributed by atoms with Gasteiger partial charge in [0.25, 0.3) is 5.56 Å². The molecule has 3 N–H and O–H groups in total. The number of carboxylic acid groups (broad SMARTS) is 1. The van der Waals surface area contributed by atoms with Crippen molar-refractivity contribution in [3.05, 3.63) is 27.1 Å². The monoisotopic (exact) mass is 485 g/mol. The van der Waals surface area contributed by atoms with Crippen LogP contribution in [-0.4, -0.2) is 53.5 Å². The smallest absolute Gasteiger partial charge is 0.489 e. The summed E-state index contributed by atoms with van der Waals surface area (Å²) in [6, 6.07) is 1.72. The standard InChI is InChI=1S/C15H22BrN3O3.C2HF3O2/c1-17-8-14(20)18-10-3-5-11(6-4-10)22-13-7-15(21)19(2)9-12(13)16;3-2(4,5)1(6)7/h7,9-11,17H,3-6,8H2,1-2H3,(H,18,20);(H,6,7)/t10-,11-;. The third kappa shape index (κ3) is 8.86. The average molecular weight is 486 g/mol. The van der Waals surface area contributed by atoms with Crippen LogP contribution < -0.4 is 20.9 Å². The van der Waals surface area contributed by atoms with Crippen molar-refractivity contribution >= 4 is 27.8 Å². The average Bonchev–Trinajstić information content (AvgIpc) is 2.61. The lowest BCUT2D eigenvalue weighted by molar-refractivity contribution is -0.192. The number of carbonyl (C=O) groups excluding carboxylic acids is 1. The summed E-state index contributed by atoms with van der Waals surface area (Å²) in [6.45, 7) is 0.344. The predicted octanol–water partition coefficient (Wildman–Crippen LogP) is 1.81. The summed E-state index contributed by atoms with van der Waals surface area (Å²) in [6.07, 6.45) is 0.228. The molecule has 0 unspecified atom stereocenters. The van der Waals surface area contributed by atoms with E-state index in [9.17, 15) is 22.8 Å². The number of hydrogen-bond donors (Lipinski definition) is 3. The summed E-state index contributed by atoms with van der Waals surface area (Å²) in [5.41, 5.74) is -0.0915. The van der Waals surface area contributed by atoms with E-state index in [1.54, 1.807) is 20.3 Å². The van der Waals surface area contributed by atoms with Gasteiger partial charge in [-0.1, -0.05) is 0 Å². The molecule has 0 aliphatic heterocycles. The summed E-state index contributed by atoms with van der Waals surface area (Å²) >= 11 is 3.42. The van der Waals surface area contributed by atoms with Gasteiger partial charge in [-0.25, -0.2) is 4.79 Å². The molecule has 12 heteroatoms. The number of alkyl halides is 3. The maximum Gasteiger partial charge on any atom is 0.490 e. The largest absolute Gasteiger partial charge is 0.490 e. The van der Waals surface area contributed by atoms with Crippen LogP contribution in [-0.2, 0) is 16.6 Å². The SMILES string of the molecule is CNCC(=O)N[C@H]1CC[C@H](Oc2cc(=O)n(C)cc2Br)CC1.O=C(O)C(F)(F)F.